The monoisotopic (exact) mass is 264 g/mol. The normalized spacial score (nSPS) is 43.1. The molecule has 0 bridgehead atoms. The van der Waals surface area contributed by atoms with Gasteiger partial charge in [-0.2, -0.15) is 0 Å². The maximum atomic E-state index is 6.52. The second-order valence-corrected chi connectivity index (χ2v) is 8.06. The highest BCUT2D eigenvalue weighted by Gasteiger charge is 2.42. The van der Waals surface area contributed by atoms with Crippen molar-refractivity contribution in [2.24, 2.45) is 23.0 Å². The molecule has 0 aromatic carbocycles. The molecule has 0 aromatic rings. The molecule has 3 fully saturated rings. The molecular weight excluding hydrogens is 232 g/mol. The van der Waals surface area contributed by atoms with Crippen LogP contribution in [0.5, 0.6) is 0 Å². The van der Waals surface area contributed by atoms with Crippen molar-refractivity contribution in [3.8, 4) is 0 Å². The average molecular weight is 264 g/mol. The number of nitrogens with two attached hydrogens (primary N) is 1. The molecule has 2 nitrogen and oxygen atoms in total. The summed E-state index contributed by atoms with van der Waals surface area (Å²) in [5.74, 6) is 1.75. The van der Waals surface area contributed by atoms with Gasteiger partial charge in [-0.25, -0.2) is 0 Å². The van der Waals surface area contributed by atoms with E-state index in [9.17, 15) is 0 Å². The van der Waals surface area contributed by atoms with E-state index in [1.807, 2.05) is 0 Å². The lowest BCUT2D eigenvalue weighted by molar-refractivity contribution is 0.0448. The van der Waals surface area contributed by atoms with Crippen LogP contribution in [-0.2, 0) is 0 Å². The highest BCUT2D eigenvalue weighted by atomic mass is 15.2. The van der Waals surface area contributed by atoms with Crippen LogP contribution >= 0.6 is 0 Å². The topological polar surface area (TPSA) is 29.3 Å². The van der Waals surface area contributed by atoms with Gasteiger partial charge in [0.05, 0.1) is 0 Å². The van der Waals surface area contributed by atoms with Crippen molar-refractivity contribution in [3.63, 3.8) is 0 Å². The summed E-state index contributed by atoms with van der Waals surface area (Å²) in [6.45, 7) is 7.34. The van der Waals surface area contributed by atoms with Crippen LogP contribution in [0.3, 0.4) is 0 Å². The molecule has 2 unspecified atom stereocenters. The Labute approximate surface area is 119 Å². The summed E-state index contributed by atoms with van der Waals surface area (Å²) >= 11 is 0. The predicted octanol–water partition coefficient (Wildman–Crippen LogP) is 3.40. The molecule has 1 saturated heterocycles. The fraction of sp³-hybridized carbons (Fsp3) is 1.00. The van der Waals surface area contributed by atoms with E-state index in [1.54, 1.807) is 0 Å². The summed E-state index contributed by atoms with van der Waals surface area (Å²) < 4.78 is 0. The molecule has 0 radical (unpaired) electrons. The summed E-state index contributed by atoms with van der Waals surface area (Å²) in [5, 5.41) is 0. The van der Waals surface area contributed by atoms with Crippen LogP contribution < -0.4 is 5.73 Å². The molecule has 110 valence electrons. The van der Waals surface area contributed by atoms with Gasteiger partial charge >= 0.3 is 0 Å². The molecule has 3 aliphatic rings. The average Bonchev–Trinajstić information content (AvgIpc) is 2.66. The van der Waals surface area contributed by atoms with E-state index >= 15 is 0 Å². The first-order valence-corrected chi connectivity index (χ1v) is 8.57. The molecule has 2 heteroatoms. The molecule has 2 aliphatic carbocycles. The fourth-order valence-corrected chi connectivity index (χ4v) is 5.00. The van der Waals surface area contributed by atoms with Gasteiger partial charge in [-0.1, -0.05) is 26.7 Å². The molecule has 19 heavy (non-hydrogen) atoms. The summed E-state index contributed by atoms with van der Waals surface area (Å²) in [7, 11) is 0. The molecule has 3 rings (SSSR count). The Kier molecular flexibility index (Phi) is 3.92. The van der Waals surface area contributed by atoms with E-state index in [1.165, 1.54) is 64.5 Å². The lowest BCUT2D eigenvalue weighted by Gasteiger charge is -2.45. The lowest BCUT2D eigenvalue weighted by atomic mass is 9.77. The zero-order valence-corrected chi connectivity index (χ0v) is 12.9. The SMILES string of the molecule is CC1(C)CCC(CN2CCC[C@H]3CCCC[C@H]32)C1N. The number of fused-ring (bicyclic) bond motifs is 1. The Morgan fingerprint density at radius 3 is 2.53 bits per heavy atom. The predicted molar refractivity (Wildman–Crippen MR) is 81.0 cm³/mol. The van der Waals surface area contributed by atoms with Crippen molar-refractivity contribution in [3.05, 3.63) is 0 Å². The molecule has 1 aliphatic heterocycles. The second kappa shape index (κ2) is 5.37. The molecule has 1 heterocycles. The lowest BCUT2D eigenvalue weighted by Crippen LogP contribution is -2.50. The van der Waals surface area contributed by atoms with Crippen LogP contribution in [0.2, 0.25) is 0 Å². The number of piperidine rings is 1. The third-order valence-corrected chi connectivity index (χ3v) is 6.40. The minimum absolute atomic E-state index is 0.367. The van der Waals surface area contributed by atoms with Gasteiger partial charge < -0.3 is 5.73 Å². The van der Waals surface area contributed by atoms with Crippen molar-refractivity contribution in [1.82, 2.24) is 4.90 Å². The Balaban J connectivity index is 1.62. The Morgan fingerprint density at radius 1 is 1.05 bits per heavy atom. The van der Waals surface area contributed by atoms with Gasteiger partial charge in [-0.05, 0) is 62.3 Å². The Bertz CT molecular complexity index is 310. The maximum Gasteiger partial charge on any atom is 0.0131 e. The van der Waals surface area contributed by atoms with Gasteiger partial charge in [0.25, 0.3) is 0 Å². The van der Waals surface area contributed by atoms with Crippen LogP contribution in [0.4, 0.5) is 0 Å². The largest absolute Gasteiger partial charge is 0.327 e. The molecule has 0 amide bonds. The van der Waals surface area contributed by atoms with Gasteiger partial charge in [-0.15, -0.1) is 0 Å². The first kappa shape index (κ1) is 13.9. The standard InChI is InChI=1S/C17H32N2/c1-17(2)10-9-14(16(17)18)12-19-11-5-7-13-6-3-4-8-15(13)19/h13-16H,3-12,18H2,1-2H3/t13-,14?,15-,16?/m1/s1. The first-order valence-electron chi connectivity index (χ1n) is 8.57. The van der Waals surface area contributed by atoms with Crippen molar-refractivity contribution >= 4 is 0 Å². The third-order valence-electron chi connectivity index (χ3n) is 6.40. The van der Waals surface area contributed by atoms with Crippen LogP contribution in [0.15, 0.2) is 0 Å². The second-order valence-electron chi connectivity index (χ2n) is 8.06. The van der Waals surface area contributed by atoms with Crippen molar-refractivity contribution in [2.75, 3.05) is 13.1 Å². The quantitative estimate of drug-likeness (QED) is 0.828. The van der Waals surface area contributed by atoms with Crippen molar-refractivity contribution in [1.29, 1.82) is 0 Å². The smallest absolute Gasteiger partial charge is 0.0131 e. The molecular formula is C17H32N2. The summed E-state index contributed by atoms with van der Waals surface area (Å²) in [5.41, 5.74) is 6.88. The minimum atomic E-state index is 0.367. The highest BCUT2D eigenvalue weighted by molar-refractivity contribution is 4.97. The molecule has 4 atom stereocenters. The Morgan fingerprint density at radius 2 is 1.79 bits per heavy atom. The van der Waals surface area contributed by atoms with E-state index in [-0.39, 0.29) is 0 Å². The maximum absolute atomic E-state index is 6.52. The minimum Gasteiger partial charge on any atom is -0.327 e. The van der Waals surface area contributed by atoms with Gasteiger partial charge in [0.2, 0.25) is 0 Å². The van der Waals surface area contributed by atoms with Crippen LogP contribution in [-0.4, -0.2) is 30.1 Å². The zero-order chi connectivity index (χ0) is 13.5. The molecule has 0 aromatic heterocycles. The Hall–Kier alpha value is -0.0800. The molecule has 2 N–H and O–H groups in total. The highest BCUT2D eigenvalue weighted by Crippen LogP contribution is 2.42. The van der Waals surface area contributed by atoms with Gasteiger partial charge in [-0.3, -0.25) is 4.90 Å². The van der Waals surface area contributed by atoms with Gasteiger partial charge in [0.15, 0.2) is 0 Å². The van der Waals surface area contributed by atoms with E-state index in [2.05, 4.69) is 18.7 Å². The van der Waals surface area contributed by atoms with Crippen LogP contribution in [0.1, 0.15) is 65.2 Å². The first-order chi connectivity index (χ1) is 9.08. The summed E-state index contributed by atoms with van der Waals surface area (Å²) in [4.78, 5) is 2.83. The summed E-state index contributed by atoms with van der Waals surface area (Å²) in [6, 6.07) is 1.31. The van der Waals surface area contributed by atoms with E-state index < -0.39 is 0 Å². The number of nitrogens with zero attached hydrogens (tertiary/aromatic N) is 1. The zero-order valence-electron chi connectivity index (χ0n) is 12.9. The third kappa shape index (κ3) is 2.71. The molecule has 2 saturated carbocycles. The van der Waals surface area contributed by atoms with Gasteiger partial charge in [0.1, 0.15) is 0 Å². The van der Waals surface area contributed by atoms with Crippen LogP contribution in [0.25, 0.3) is 0 Å². The summed E-state index contributed by atoms with van der Waals surface area (Å²) in [6.07, 6.45) is 11.5. The number of likely N-dealkylation sites (tertiary alicyclic amines) is 1. The van der Waals surface area contributed by atoms with Gasteiger partial charge in [0, 0.05) is 18.6 Å². The van der Waals surface area contributed by atoms with Crippen molar-refractivity contribution < 1.29 is 0 Å². The molecule has 0 spiro atoms. The fourth-order valence-electron chi connectivity index (χ4n) is 5.00. The van der Waals surface area contributed by atoms with E-state index in [4.69, 9.17) is 5.73 Å². The number of rotatable bonds is 2. The number of hydrogen-bond acceptors (Lipinski definition) is 2. The van der Waals surface area contributed by atoms with Crippen molar-refractivity contribution in [2.45, 2.75) is 77.3 Å². The van der Waals surface area contributed by atoms with E-state index in [0.29, 0.717) is 11.5 Å². The van der Waals surface area contributed by atoms with E-state index in [0.717, 1.165) is 17.9 Å². The van der Waals surface area contributed by atoms with Crippen LogP contribution in [0, 0.1) is 17.3 Å². The number of hydrogen-bond donors (Lipinski definition) is 1.